The molecule has 0 bridgehead atoms. The number of anilines is 1. The maximum Gasteiger partial charge on any atom is 0.157 e. The van der Waals surface area contributed by atoms with E-state index < -0.39 is 0 Å². The molecule has 0 saturated heterocycles. The zero-order chi connectivity index (χ0) is 18.6. The monoisotopic (exact) mass is 373 g/mol. The van der Waals surface area contributed by atoms with Crippen LogP contribution in [0.2, 0.25) is 5.02 Å². The molecular weight excluding hydrogens is 354 g/mol. The first-order chi connectivity index (χ1) is 13.2. The van der Waals surface area contributed by atoms with Gasteiger partial charge in [0.05, 0.1) is 11.7 Å². The highest BCUT2D eigenvalue weighted by atomic mass is 35.5. The van der Waals surface area contributed by atoms with Crippen molar-refractivity contribution >= 4 is 28.2 Å². The second-order valence-electron chi connectivity index (χ2n) is 6.59. The third-order valence-corrected chi connectivity index (χ3v) is 5.10. The summed E-state index contributed by atoms with van der Waals surface area (Å²) in [5.41, 5.74) is 3.19. The smallest absolute Gasteiger partial charge is 0.157 e. The standard InChI is InChI=1S/C23H20ClN3/c1-16(17-9-3-2-4-10-17)25-23-20-13-7-6-12-19(20)22(26-27-23)15-18-11-5-8-14-21(18)24/h2-14,16H,15H2,1H3,(H,25,27). The van der Waals surface area contributed by atoms with E-state index in [4.69, 9.17) is 11.6 Å². The van der Waals surface area contributed by atoms with Gasteiger partial charge in [-0.05, 0) is 24.1 Å². The van der Waals surface area contributed by atoms with Gasteiger partial charge in [-0.15, -0.1) is 5.10 Å². The Balaban J connectivity index is 1.69. The number of aromatic nitrogens is 2. The molecule has 3 aromatic carbocycles. The van der Waals surface area contributed by atoms with Gasteiger partial charge in [-0.25, -0.2) is 0 Å². The molecule has 4 rings (SSSR count). The fourth-order valence-corrected chi connectivity index (χ4v) is 3.45. The molecule has 0 aliphatic rings. The van der Waals surface area contributed by atoms with Gasteiger partial charge < -0.3 is 5.32 Å². The number of hydrogen-bond donors (Lipinski definition) is 1. The summed E-state index contributed by atoms with van der Waals surface area (Å²) in [5, 5.41) is 15.4. The molecular formula is C23H20ClN3. The maximum atomic E-state index is 6.33. The Bertz CT molecular complexity index is 1060. The summed E-state index contributed by atoms with van der Waals surface area (Å²) in [6.45, 7) is 2.13. The van der Waals surface area contributed by atoms with Crippen molar-refractivity contribution in [3.05, 3.63) is 101 Å². The minimum absolute atomic E-state index is 0.137. The quantitative estimate of drug-likeness (QED) is 0.463. The Kier molecular flexibility index (Phi) is 5.03. The van der Waals surface area contributed by atoms with Crippen LogP contribution in [-0.2, 0) is 6.42 Å². The minimum Gasteiger partial charge on any atom is -0.362 e. The first-order valence-electron chi connectivity index (χ1n) is 9.01. The first-order valence-corrected chi connectivity index (χ1v) is 9.39. The highest BCUT2D eigenvalue weighted by molar-refractivity contribution is 6.31. The van der Waals surface area contributed by atoms with Crippen molar-refractivity contribution in [1.82, 2.24) is 10.2 Å². The van der Waals surface area contributed by atoms with E-state index in [0.29, 0.717) is 6.42 Å². The molecule has 134 valence electrons. The summed E-state index contributed by atoms with van der Waals surface area (Å²) in [5.74, 6) is 0.796. The SMILES string of the molecule is CC(Nc1nnc(Cc2ccccc2Cl)c2ccccc12)c1ccccc1. The molecule has 1 heterocycles. The van der Waals surface area contributed by atoms with Crippen molar-refractivity contribution < 1.29 is 0 Å². The third kappa shape index (κ3) is 3.79. The lowest BCUT2D eigenvalue weighted by Crippen LogP contribution is -2.10. The summed E-state index contributed by atoms with van der Waals surface area (Å²) >= 11 is 6.33. The van der Waals surface area contributed by atoms with Crippen LogP contribution >= 0.6 is 11.6 Å². The van der Waals surface area contributed by atoms with Gasteiger partial charge in [0, 0.05) is 22.2 Å². The second-order valence-corrected chi connectivity index (χ2v) is 6.99. The summed E-state index contributed by atoms with van der Waals surface area (Å²) in [6, 6.07) is 26.6. The number of hydrogen-bond acceptors (Lipinski definition) is 3. The molecule has 0 amide bonds. The van der Waals surface area contributed by atoms with Gasteiger partial charge in [0.15, 0.2) is 5.82 Å². The zero-order valence-corrected chi connectivity index (χ0v) is 15.8. The van der Waals surface area contributed by atoms with Crippen LogP contribution in [0.5, 0.6) is 0 Å². The summed E-state index contributed by atoms with van der Waals surface area (Å²) in [4.78, 5) is 0. The minimum atomic E-state index is 0.137. The van der Waals surface area contributed by atoms with Gasteiger partial charge >= 0.3 is 0 Å². The topological polar surface area (TPSA) is 37.8 Å². The molecule has 1 unspecified atom stereocenters. The second kappa shape index (κ2) is 7.77. The number of fused-ring (bicyclic) bond motifs is 1. The van der Waals surface area contributed by atoms with Crippen LogP contribution < -0.4 is 5.32 Å². The van der Waals surface area contributed by atoms with E-state index >= 15 is 0 Å². The van der Waals surface area contributed by atoms with Gasteiger partial charge in [-0.1, -0.05) is 84.4 Å². The average Bonchev–Trinajstić information content (AvgIpc) is 2.72. The molecule has 0 saturated carbocycles. The van der Waals surface area contributed by atoms with Crippen molar-refractivity contribution in [2.24, 2.45) is 0 Å². The van der Waals surface area contributed by atoms with Crippen LogP contribution in [0.4, 0.5) is 5.82 Å². The number of nitrogens with zero attached hydrogens (tertiary/aromatic N) is 2. The molecule has 1 aromatic heterocycles. The predicted octanol–water partition coefficient (Wildman–Crippen LogP) is 6.05. The van der Waals surface area contributed by atoms with Gasteiger partial charge in [0.2, 0.25) is 0 Å². The molecule has 4 aromatic rings. The largest absolute Gasteiger partial charge is 0.362 e. The summed E-state index contributed by atoms with van der Waals surface area (Å²) in [7, 11) is 0. The number of halogens is 1. The predicted molar refractivity (Wildman–Crippen MR) is 112 cm³/mol. The molecule has 0 aliphatic carbocycles. The molecule has 27 heavy (non-hydrogen) atoms. The van der Waals surface area contributed by atoms with Crippen molar-refractivity contribution in [3.63, 3.8) is 0 Å². The van der Waals surface area contributed by atoms with Crippen molar-refractivity contribution in [2.45, 2.75) is 19.4 Å². The Morgan fingerprint density at radius 2 is 1.48 bits per heavy atom. The Morgan fingerprint density at radius 1 is 0.815 bits per heavy atom. The van der Waals surface area contributed by atoms with E-state index in [0.717, 1.165) is 32.9 Å². The highest BCUT2D eigenvalue weighted by Crippen LogP contribution is 2.28. The van der Waals surface area contributed by atoms with Gasteiger partial charge in [-0.3, -0.25) is 0 Å². The van der Waals surface area contributed by atoms with E-state index in [1.807, 2.05) is 54.6 Å². The van der Waals surface area contributed by atoms with Crippen molar-refractivity contribution in [2.75, 3.05) is 5.32 Å². The molecule has 1 N–H and O–H groups in total. The van der Waals surface area contributed by atoms with Crippen molar-refractivity contribution in [1.29, 1.82) is 0 Å². The van der Waals surface area contributed by atoms with Gasteiger partial charge in [-0.2, -0.15) is 5.10 Å². The van der Waals surface area contributed by atoms with Crippen LogP contribution in [0, 0.1) is 0 Å². The molecule has 0 radical (unpaired) electrons. The Labute approximate surface area is 164 Å². The fourth-order valence-electron chi connectivity index (χ4n) is 3.25. The Morgan fingerprint density at radius 3 is 2.26 bits per heavy atom. The number of rotatable bonds is 5. The van der Waals surface area contributed by atoms with E-state index in [2.05, 4.69) is 46.7 Å². The van der Waals surface area contributed by atoms with Crippen LogP contribution in [0.3, 0.4) is 0 Å². The lowest BCUT2D eigenvalue weighted by atomic mass is 10.0. The highest BCUT2D eigenvalue weighted by Gasteiger charge is 2.13. The maximum absolute atomic E-state index is 6.33. The molecule has 4 heteroatoms. The van der Waals surface area contributed by atoms with Crippen LogP contribution in [0.15, 0.2) is 78.9 Å². The van der Waals surface area contributed by atoms with Crippen LogP contribution in [0.1, 0.15) is 29.8 Å². The number of nitrogens with one attached hydrogen (secondary N) is 1. The molecule has 0 fully saturated rings. The van der Waals surface area contributed by atoms with Crippen molar-refractivity contribution in [3.8, 4) is 0 Å². The lowest BCUT2D eigenvalue weighted by Gasteiger charge is -2.17. The van der Waals surface area contributed by atoms with Gasteiger partial charge in [0.25, 0.3) is 0 Å². The molecule has 3 nitrogen and oxygen atoms in total. The van der Waals surface area contributed by atoms with E-state index in [9.17, 15) is 0 Å². The van der Waals surface area contributed by atoms with E-state index in [1.54, 1.807) is 0 Å². The third-order valence-electron chi connectivity index (χ3n) is 4.73. The lowest BCUT2D eigenvalue weighted by molar-refractivity contribution is 0.858. The first kappa shape index (κ1) is 17.5. The molecule has 0 spiro atoms. The van der Waals surface area contributed by atoms with E-state index in [1.165, 1.54) is 5.56 Å². The average molecular weight is 374 g/mol. The summed E-state index contributed by atoms with van der Waals surface area (Å²) in [6.07, 6.45) is 0.654. The zero-order valence-electron chi connectivity index (χ0n) is 15.1. The molecule has 1 atom stereocenters. The van der Waals surface area contributed by atoms with Gasteiger partial charge in [0.1, 0.15) is 0 Å². The Hall–Kier alpha value is -2.91. The normalized spacial score (nSPS) is 12.1. The van der Waals surface area contributed by atoms with E-state index in [-0.39, 0.29) is 6.04 Å². The summed E-state index contributed by atoms with van der Waals surface area (Å²) < 4.78 is 0. The fraction of sp³-hybridized carbons (Fsp3) is 0.130. The molecule has 0 aliphatic heterocycles. The van der Waals surface area contributed by atoms with Crippen LogP contribution in [-0.4, -0.2) is 10.2 Å². The number of benzene rings is 3. The van der Waals surface area contributed by atoms with Crippen LogP contribution in [0.25, 0.3) is 10.8 Å².